The molecule has 12 nitrogen and oxygen atoms in total. The number of phenols is 1. The molecule has 3 N–H and O–H groups in total. The smallest absolute Gasteiger partial charge is 0.404 e. The molecule has 6 aliphatic rings. The fourth-order valence-electron chi connectivity index (χ4n) is 8.85. The Bertz CT molecular complexity index is 1820. The summed E-state index contributed by atoms with van der Waals surface area (Å²) in [4.78, 5) is 36.6. The van der Waals surface area contributed by atoms with E-state index in [9.17, 15) is 19.5 Å². The number of aromatic hydroxyl groups is 1. The second-order valence-electron chi connectivity index (χ2n) is 14.6. The third kappa shape index (κ3) is 6.82. The highest BCUT2D eigenvalue weighted by molar-refractivity contribution is 5.79. The SMILES string of the molecule is COc1cc([C@@H]2c3cc4c(cc3[C@H](OC(=O)CC(C)C)C3COC(=O)C32)OCO4)cc(OC)c1O.NC(=O)OCC1C2C=CC=CC2C2C=CC=CC21. The summed E-state index contributed by atoms with van der Waals surface area (Å²) in [6.45, 7) is 4.51. The van der Waals surface area contributed by atoms with Crippen LogP contribution in [0.1, 0.15) is 49.0 Å². The molecule has 1 saturated carbocycles. The number of amides is 1. The summed E-state index contributed by atoms with van der Waals surface area (Å²) >= 11 is 0. The fraction of sp³-hybridized carbons (Fsp3) is 0.439. The first-order valence-corrected chi connectivity index (χ1v) is 18.0. The number of cyclic esters (lactones) is 1. The lowest BCUT2D eigenvalue weighted by atomic mass is 9.66. The van der Waals surface area contributed by atoms with Crippen molar-refractivity contribution in [1.82, 2.24) is 0 Å². The van der Waals surface area contributed by atoms with E-state index in [0.717, 1.165) is 11.1 Å². The Labute approximate surface area is 308 Å². The zero-order chi connectivity index (χ0) is 37.4. The summed E-state index contributed by atoms with van der Waals surface area (Å²) in [5.41, 5.74) is 7.27. The van der Waals surface area contributed by atoms with Gasteiger partial charge in [0, 0.05) is 29.7 Å². The van der Waals surface area contributed by atoms with E-state index in [1.54, 1.807) is 12.1 Å². The Hall–Kier alpha value is -5.39. The van der Waals surface area contributed by atoms with Gasteiger partial charge in [-0.25, -0.2) is 4.79 Å². The molecule has 0 bridgehead atoms. The van der Waals surface area contributed by atoms with Crippen molar-refractivity contribution in [3.63, 3.8) is 0 Å². The molecule has 8 atom stereocenters. The number of fused-ring (bicyclic) bond motifs is 6. The van der Waals surface area contributed by atoms with Gasteiger partial charge < -0.3 is 44.0 Å². The number of benzene rings is 2. The third-order valence-electron chi connectivity index (χ3n) is 11.1. The first-order chi connectivity index (χ1) is 25.6. The molecular weight excluding hydrogens is 682 g/mol. The van der Waals surface area contributed by atoms with Gasteiger partial charge in [-0.15, -0.1) is 0 Å². The van der Waals surface area contributed by atoms with Crippen LogP contribution in [-0.2, 0) is 23.8 Å². The van der Waals surface area contributed by atoms with Crippen LogP contribution in [0.25, 0.3) is 0 Å². The molecule has 2 heterocycles. The van der Waals surface area contributed by atoms with E-state index in [2.05, 4.69) is 48.6 Å². The maximum atomic E-state index is 13.1. The number of ether oxygens (including phenoxy) is 7. The molecule has 12 heteroatoms. The zero-order valence-electron chi connectivity index (χ0n) is 30.1. The molecule has 1 amide bonds. The number of phenolic OH excluding ortho intramolecular Hbond substituents is 1. The van der Waals surface area contributed by atoms with Crippen LogP contribution in [0.2, 0.25) is 0 Å². The van der Waals surface area contributed by atoms with Crippen molar-refractivity contribution in [3.05, 3.63) is 89.6 Å². The van der Waals surface area contributed by atoms with E-state index in [1.807, 2.05) is 26.0 Å². The Morgan fingerprint density at radius 1 is 0.849 bits per heavy atom. The summed E-state index contributed by atoms with van der Waals surface area (Å²) in [6, 6.07) is 7.03. The van der Waals surface area contributed by atoms with Crippen molar-refractivity contribution in [2.24, 2.45) is 53.1 Å². The van der Waals surface area contributed by atoms with Crippen molar-refractivity contribution in [3.8, 4) is 28.7 Å². The zero-order valence-corrected chi connectivity index (χ0v) is 30.1. The summed E-state index contributed by atoms with van der Waals surface area (Å²) in [6.07, 6.45) is 16.3. The number of carbonyl (C=O) groups excluding carboxylic acids is 3. The Morgan fingerprint density at radius 2 is 1.42 bits per heavy atom. The summed E-state index contributed by atoms with van der Waals surface area (Å²) in [7, 11) is 2.89. The predicted molar refractivity (Wildman–Crippen MR) is 191 cm³/mol. The van der Waals surface area contributed by atoms with Gasteiger partial charge in [-0.05, 0) is 65.0 Å². The van der Waals surface area contributed by atoms with Gasteiger partial charge in [0.25, 0.3) is 0 Å². The number of esters is 2. The second kappa shape index (κ2) is 14.9. The van der Waals surface area contributed by atoms with Gasteiger partial charge in [0.2, 0.25) is 12.5 Å². The van der Waals surface area contributed by atoms with Gasteiger partial charge in [-0.2, -0.15) is 0 Å². The van der Waals surface area contributed by atoms with Gasteiger partial charge in [0.1, 0.15) is 6.10 Å². The molecule has 0 aromatic heterocycles. The number of primary amides is 1. The van der Waals surface area contributed by atoms with Crippen LogP contribution in [0.5, 0.6) is 28.7 Å². The molecule has 53 heavy (non-hydrogen) atoms. The monoisotopic (exact) mass is 727 g/mol. The number of methoxy groups -OCH3 is 2. The Morgan fingerprint density at radius 3 is 1.96 bits per heavy atom. The largest absolute Gasteiger partial charge is 0.502 e. The predicted octanol–water partition coefficient (Wildman–Crippen LogP) is 6.13. The average molecular weight is 728 g/mol. The Balaban J connectivity index is 0.000000202. The van der Waals surface area contributed by atoms with Crippen LogP contribution in [-0.4, -0.2) is 57.4 Å². The lowest BCUT2D eigenvalue weighted by molar-refractivity contribution is -0.155. The maximum Gasteiger partial charge on any atom is 0.404 e. The standard InChI is InChI=1S/C26H28O9.C15H17NO2/c1-12(2)5-21(27)35-25-15-9-18-17(33-11-34-18)8-14(15)22(23-16(25)10-32-26(23)29)13-6-19(30-3)24(28)20(7-13)31-4;16-15(17)18-9-14-12-7-3-1-5-10(12)11-6-2-4-8-13(11)14/h6-9,12,16,22-23,25,28H,5,10-11H2,1-4H3;1-8,10-14H,9H2,(H2,16,17)/t16?,22-,23?,25+;/m1./s1. The molecule has 0 spiro atoms. The van der Waals surface area contributed by atoms with Crippen LogP contribution in [0, 0.1) is 47.3 Å². The van der Waals surface area contributed by atoms with Gasteiger partial charge in [-0.3, -0.25) is 9.59 Å². The highest BCUT2D eigenvalue weighted by Gasteiger charge is 2.54. The molecule has 2 fully saturated rings. The quantitative estimate of drug-likeness (QED) is 0.238. The number of carbonyl (C=O) groups is 3. The van der Waals surface area contributed by atoms with Gasteiger partial charge in [-0.1, -0.05) is 62.5 Å². The molecular formula is C41H45NO11. The topological polar surface area (TPSA) is 162 Å². The van der Waals surface area contributed by atoms with Crippen molar-refractivity contribution in [1.29, 1.82) is 0 Å². The second-order valence-corrected chi connectivity index (χ2v) is 14.6. The Kier molecular flexibility index (Phi) is 10.1. The van der Waals surface area contributed by atoms with Gasteiger partial charge >= 0.3 is 18.0 Å². The lowest BCUT2D eigenvalue weighted by Gasteiger charge is -2.38. The van der Waals surface area contributed by atoms with Gasteiger partial charge in [0.05, 0.1) is 33.4 Å². The van der Waals surface area contributed by atoms with Crippen molar-refractivity contribution in [2.45, 2.75) is 32.3 Å². The normalized spacial score (nSPS) is 29.2. The molecule has 2 aromatic carbocycles. The van der Waals surface area contributed by atoms with E-state index in [-0.39, 0.29) is 54.9 Å². The van der Waals surface area contributed by atoms with E-state index < -0.39 is 30.0 Å². The number of rotatable bonds is 8. The van der Waals surface area contributed by atoms with Crippen LogP contribution in [0.3, 0.4) is 0 Å². The lowest BCUT2D eigenvalue weighted by Crippen LogP contribution is -2.36. The fourth-order valence-corrected chi connectivity index (χ4v) is 8.85. The molecule has 8 rings (SSSR count). The van der Waals surface area contributed by atoms with Crippen LogP contribution in [0.15, 0.2) is 72.9 Å². The van der Waals surface area contributed by atoms with E-state index in [4.69, 9.17) is 38.9 Å². The molecule has 280 valence electrons. The molecule has 2 aromatic rings. The number of allylic oxidation sites excluding steroid dienone is 8. The molecule has 0 radical (unpaired) electrons. The van der Waals surface area contributed by atoms with Crippen LogP contribution in [0.4, 0.5) is 4.79 Å². The molecule has 6 unspecified atom stereocenters. The molecule has 4 aliphatic carbocycles. The van der Waals surface area contributed by atoms with Gasteiger partial charge in [0.15, 0.2) is 23.0 Å². The highest BCUT2D eigenvalue weighted by atomic mass is 16.7. The van der Waals surface area contributed by atoms with Crippen molar-refractivity contribution < 1.29 is 52.6 Å². The number of hydrogen-bond donors (Lipinski definition) is 2. The van der Waals surface area contributed by atoms with E-state index in [1.165, 1.54) is 14.2 Å². The first kappa shape index (κ1) is 36.0. The average Bonchev–Trinajstić information content (AvgIpc) is 3.85. The first-order valence-electron chi connectivity index (χ1n) is 18.0. The number of hydrogen-bond acceptors (Lipinski definition) is 11. The van der Waals surface area contributed by atoms with Crippen LogP contribution < -0.4 is 24.7 Å². The molecule has 2 aliphatic heterocycles. The summed E-state index contributed by atoms with van der Waals surface area (Å²) in [5, 5.41) is 10.5. The summed E-state index contributed by atoms with van der Waals surface area (Å²) < 4.78 is 38.5. The maximum absolute atomic E-state index is 13.1. The van der Waals surface area contributed by atoms with E-state index in [0.29, 0.717) is 53.3 Å². The van der Waals surface area contributed by atoms with E-state index >= 15 is 0 Å². The minimum Gasteiger partial charge on any atom is -0.502 e. The van der Waals surface area contributed by atoms with Crippen molar-refractivity contribution >= 4 is 18.0 Å². The minimum atomic E-state index is -0.681. The molecule has 1 saturated heterocycles. The third-order valence-corrected chi connectivity index (χ3v) is 11.1. The highest BCUT2D eigenvalue weighted by Crippen LogP contribution is 2.57. The van der Waals surface area contributed by atoms with Crippen LogP contribution >= 0.6 is 0 Å². The summed E-state index contributed by atoms with van der Waals surface area (Å²) in [5.74, 6) is 1.55. The van der Waals surface area contributed by atoms with Crippen molar-refractivity contribution in [2.75, 3.05) is 34.2 Å². The minimum absolute atomic E-state index is 0.0798. The number of nitrogens with two attached hydrogens (primary N) is 1.